The first-order chi connectivity index (χ1) is 12.2. The van der Waals surface area contributed by atoms with Crippen LogP contribution in [0.5, 0.6) is 0 Å². The summed E-state index contributed by atoms with van der Waals surface area (Å²) in [6.07, 6.45) is -3.05. The number of benzene rings is 1. The maximum atomic E-state index is 13.0. The molecular formula is C18H19F3N2O3. The van der Waals surface area contributed by atoms with E-state index in [1.165, 1.54) is 23.1 Å². The largest absolute Gasteiger partial charge is 0.463 e. The minimum absolute atomic E-state index is 0.0904. The van der Waals surface area contributed by atoms with Gasteiger partial charge in [-0.1, -0.05) is 18.2 Å². The summed E-state index contributed by atoms with van der Waals surface area (Å²) in [5.41, 5.74) is -0.311. The minimum atomic E-state index is -4.54. The predicted octanol–water partition coefficient (Wildman–Crippen LogP) is 3.79. The molecule has 1 aliphatic heterocycles. The molecule has 140 valence electrons. The van der Waals surface area contributed by atoms with Crippen LogP contribution in [0.25, 0.3) is 0 Å². The van der Waals surface area contributed by atoms with E-state index < -0.39 is 29.8 Å². The zero-order valence-corrected chi connectivity index (χ0v) is 14.4. The highest BCUT2D eigenvalue weighted by Crippen LogP contribution is 2.35. The Morgan fingerprint density at radius 3 is 2.69 bits per heavy atom. The van der Waals surface area contributed by atoms with Crippen molar-refractivity contribution in [1.29, 1.82) is 0 Å². The lowest BCUT2D eigenvalue weighted by Gasteiger charge is -2.35. The van der Waals surface area contributed by atoms with E-state index in [4.69, 9.17) is 4.74 Å². The Balaban J connectivity index is 2.57. The topological polar surface area (TPSA) is 58.6 Å². The predicted molar refractivity (Wildman–Crippen MR) is 89.0 cm³/mol. The van der Waals surface area contributed by atoms with E-state index in [2.05, 4.69) is 11.9 Å². The van der Waals surface area contributed by atoms with Crippen molar-refractivity contribution in [3.63, 3.8) is 0 Å². The minimum Gasteiger partial charge on any atom is -0.463 e. The van der Waals surface area contributed by atoms with E-state index >= 15 is 0 Å². The van der Waals surface area contributed by atoms with Crippen LogP contribution in [0.3, 0.4) is 0 Å². The fourth-order valence-corrected chi connectivity index (χ4v) is 2.75. The molecule has 2 amide bonds. The Labute approximate surface area is 149 Å². The summed E-state index contributed by atoms with van der Waals surface area (Å²) in [4.78, 5) is 26.1. The number of nitrogens with one attached hydrogen (secondary N) is 1. The molecule has 0 bridgehead atoms. The van der Waals surface area contributed by atoms with Crippen LogP contribution in [0, 0.1) is 0 Å². The maximum absolute atomic E-state index is 13.0. The summed E-state index contributed by atoms with van der Waals surface area (Å²) in [5, 5.41) is 2.58. The number of alkyl halides is 3. The van der Waals surface area contributed by atoms with Crippen molar-refractivity contribution in [2.75, 3.05) is 13.2 Å². The van der Waals surface area contributed by atoms with E-state index in [0.717, 1.165) is 12.1 Å². The van der Waals surface area contributed by atoms with Crippen LogP contribution < -0.4 is 5.32 Å². The first-order valence-electron chi connectivity index (χ1n) is 7.94. The molecule has 0 spiro atoms. The summed E-state index contributed by atoms with van der Waals surface area (Å²) in [7, 11) is 0. The molecule has 1 N–H and O–H groups in total. The van der Waals surface area contributed by atoms with Gasteiger partial charge in [0.1, 0.15) is 0 Å². The number of esters is 1. The molecule has 2 rings (SSSR count). The molecule has 1 aliphatic rings. The Morgan fingerprint density at radius 2 is 2.12 bits per heavy atom. The van der Waals surface area contributed by atoms with Crippen molar-refractivity contribution < 1.29 is 27.5 Å². The van der Waals surface area contributed by atoms with E-state index in [-0.39, 0.29) is 24.3 Å². The Hall–Kier alpha value is -2.77. The van der Waals surface area contributed by atoms with Gasteiger partial charge in [-0.3, -0.25) is 4.90 Å². The Bertz CT molecular complexity index is 756. The van der Waals surface area contributed by atoms with Crippen LogP contribution in [-0.2, 0) is 15.7 Å². The smallest absolute Gasteiger partial charge is 0.416 e. The molecule has 26 heavy (non-hydrogen) atoms. The van der Waals surface area contributed by atoms with Crippen molar-refractivity contribution in [3.8, 4) is 0 Å². The van der Waals surface area contributed by atoms with Crippen molar-refractivity contribution in [2.24, 2.45) is 0 Å². The van der Waals surface area contributed by atoms with Crippen LogP contribution in [0.1, 0.15) is 31.0 Å². The first-order valence-corrected chi connectivity index (χ1v) is 7.94. The molecule has 8 heteroatoms. The molecule has 0 aliphatic carbocycles. The summed E-state index contributed by atoms with van der Waals surface area (Å²) in [5.74, 6) is -0.693. The Kier molecular flexibility index (Phi) is 5.74. The van der Waals surface area contributed by atoms with Gasteiger partial charge in [-0.25, -0.2) is 9.59 Å². The summed E-state index contributed by atoms with van der Waals surface area (Å²) in [6.45, 7) is 6.98. The van der Waals surface area contributed by atoms with Gasteiger partial charge in [0.05, 0.1) is 23.8 Å². The zero-order chi connectivity index (χ0) is 19.5. The normalized spacial score (nSPS) is 17.8. The zero-order valence-electron chi connectivity index (χ0n) is 14.4. The average molecular weight is 368 g/mol. The number of hydrogen-bond acceptors (Lipinski definition) is 3. The van der Waals surface area contributed by atoms with Gasteiger partial charge in [-0.2, -0.15) is 13.2 Å². The second-order valence-electron chi connectivity index (χ2n) is 5.62. The number of ether oxygens (including phenoxy) is 1. The third kappa shape index (κ3) is 3.89. The van der Waals surface area contributed by atoms with Crippen molar-refractivity contribution in [1.82, 2.24) is 10.2 Å². The highest BCUT2D eigenvalue weighted by atomic mass is 19.4. The fourth-order valence-electron chi connectivity index (χ4n) is 2.75. The molecule has 1 aromatic rings. The number of hydrogen-bond donors (Lipinski definition) is 1. The number of amides is 2. The second-order valence-corrected chi connectivity index (χ2v) is 5.62. The van der Waals surface area contributed by atoms with Gasteiger partial charge in [0.2, 0.25) is 0 Å². The number of rotatable bonds is 5. The number of urea groups is 1. The second kappa shape index (κ2) is 7.63. The molecule has 5 nitrogen and oxygen atoms in total. The van der Waals surface area contributed by atoms with Crippen LogP contribution in [0.15, 0.2) is 48.2 Å². The third-order valence-electron chi connectivity index (χ3n) is 3.95. The number of allylic oxidation sites excluding steroid dienone is 1. The van der Waals surface area contributed by atoms with Crippen LogP contribution >= 0.6 is 0 Å². The Morgan fingerprint density at radius 1 is 1.42 bits per heavy atom. The van der Waals surface area contributed by atoms with E-state index in [9.17, 15) is 22.8 Å². The quantitative estimate of drug-likeness (QED) is 0.635. The molecule has 1 heterocycles. The third-order valence-corrected chi connectivity index (χ3v) is 3.95. The monoisotopic (exact) mass is 368 g/mol. The molecule has 0 fully saturated rings. The summed E-state index contributed by atoms with van der Waals surface area (Å²) in [6, 6.07) is 2.94. The van der Waals surface area contributed by atoms with Crippen LogP contribution in [0.2, 0.25) is 0 Å². The van der Waals surface area contributed by atoms with Crippen molar-refractivity contribution in [2.45, 2.75) is 26.1 Å². The lowest BCUT2D eigenvalue weighted by atomic mass is 9.93. The van der Waals surface area contributed by atoms with Gasteiger partial charge in [0.15, 0.2) is 0 Å². The molecule has 0 saturated carbocycles. The van der Waals surface area contributed by atoms with Gasteiger partial charge in [-0.15, -0.1) is 6.58 Å². The number of carbonyl (C=O) groups excluding carboxylic acids is 2. The number of nitrogens with zero attached hydrogens (tertiary/aromatic N) is 1. The van der Waals surface area contributed by atoms with Gasteiger partial charge in [0.25, 0.3) is 0 Å². The number of carbonyl (C=O) groups is 2. The van der Waals surface area contributed by atoms with E-state index in [1.54, 1.807) is 13.8 Å². The molecule has 1 atom stereocenters. The van der Waals surface area contributed by atoms with Crippen molar-refractivity contribution in [3.05, 3.63) is 59.3 Å². The molecule has 0 saturated heterocycles. The standard InChI is InChI=1S/C18H19F3N2O3/c1-4-9-23-11(3)14(16(24)26-5-2)15(22-17(23)25)12-7-6-8-13(10-12)18(19,20)21/h4,6-8,10,15H,1,5,9H2,2-3H3,(H,22,25)/t15-/m0/s1. The highest BCUT2D eigenvalue weighted by molar-refractivity contribution is 5.95. The lowest BCUT2D eigenvalue weighted by Crippen LogP contribution is -2.48. The first kappa shape index (κ1) is 19.6. The van der Waals surface area contributed by atoms with Gasteiger partial charge >= 0.3 is 18.2 Å². The fraction of sp³-hybridized carbons (Fsp3) is 0.333. The van der Waals surface area contributed by atoms with Crippen LogP contribution in [0.4, 0.5) is 18.0 Å². The SMILES string of the molecule is C=CCN1C(=O)N[C@@H](c2cccc(C(F)(F)F)c2)C(C(=O)OCC)=C1C. The average Bonchev–Trinajstić information content (AvgIpc) is 2.57. The van der Waals surface area contributed by atoms with Gasteiger partial charge in [0, 0.05) is 12.2 Å². The van der Waals surface area contributed by atoms with Gasteiger partial charge in [-0.05, 0) is 31.5 Å². The number of halogens is 3. The van der Waals surface area contributed by atoms with E-state index in [1.807, 2.05) is 0 Å². The molecular weight excluding hydrogens is 349 g/mol. The summed E-state index contributed by atoms with van der Waals surface area (Å²) < 4.78 is 44.1. The molecule has 0 aromatic heterocycles. The summed E-state index contributed by atoms with van der Waals surface area (Å²) >= 11 is 0. The van der Waals surface area contributed by atoms with Crippen molar-refractivity contribution >= 4 is 12.0 Å². The maximum Gasteiger partial charge on any atom is 0.416 e. The molecule has 0 radical (unpaired) electrons. The highest BCUT2D eigenvalue weighted by Gasteiger charge is 2.37. The molecule has 1 aromatic carbocycles. The molecule has 0 unspecified atom stereocenters. The van der Waals surface area contributed by atoms with E-state index in [0.29, 0.717) is 5.70 Å². The van der Waals surface area contributed by atoms with Crippen LogP contribution in [-0.4, -0.2) is 30.1 Å². The van der Waals surface area contributed by atoms with Gasteiger partial charge < -0.3 is 10.1 Å². The lowest BCUT2D eigenvalue weighted by molar-refractivity contribution is -0.139.